The number of ether oxygens (including phenoxy) is 3. The standard InChI is InChI=1S/C33H35NO7/c1-22-20-29(36)32(33(38)34(22)18-16-23-8-12-25(35)13-9-23)28(21-31(37)40-3)27-6-4-5-7-30(27)41-19-17-24-10-14-26(39-2)15-11-24/h4-15,20,28,35-36H,16-19,21H2,1-3H3/t28-/m0/s1. The average Bonchev–Trinajstić information content (AvgIpc) is 2.98. The Balaban J connectivity index is 1.65. The van der Waals surface area contributed by atoms with Crippen LogP contribution in [-0.4, -0.2) is 41.6 Å². The summed E-state index contributed by atoms with van der Waals surface area (Å²) in [4.78, 5) is 26.5. The number of esters is 1. The molecule has 41 heavy (non-hydrogen) atoms. The number of rotatable bonds is 12. The number of hydrogen-bond acceptors (Lipinski definition) is 7. The maximum Gasteiger partial charge on any atom is 0.306 e. The fourth-order valence-corrected chi connectivity index (χ4v) is 4.87. The first kappa shape index (κ1) is 29.3. The van der Waals surface area contributed by atoms with Gasteiger partial charge in [-0.15, -0.1) is 0 Å². The van der Waals surface area contributed by atoms with E-state index >= 15 is 0 Å². The van der Waals surface area contributed by atoms with Crippen molar-refractivity contribution in [3.63, 3.8) is 0 Å². The van der Waals surface area contributed by atoms with E-state index in [1.54, 1.807) is 61.1 Å². The van der Waals surface area contributed by atoms with E-state index in [1.807, 2.05) is 36.4 Å². The van der Waals surface area contributed by atoms with Crippen molar-refractivity contribution in [2.24, 2.45) is 0 Å². The quantitative estimate of drug-likeness (QED) is 0.232. The summed E-state index contributed by atoms with van der Waals surface area (Å²) in [6.07, 6.45) is 1.02. The second-order valence-electron chi connectivity index (χ2n) is 9.78. The lowest BCUT2D eigenvalue weighted by Gasteiger charge is -2.22. The molecule has 1 heterocycles. The van der Waals surface area contributed by atoms with Gasteiger partial charge in [0, 0.05) is 30.1 Å². The van der Waals surface area contributed by atoms with E-state index in [0.717, 1.165) is 16.9 Å². The van der Waals surface area contributed by atoms with Crippen molar-refractivity contribution in [1.82, 2.24) is 4.57 Å². The highest BCUT2D eigenvalue weighted by atomic mass is 16.5. The predicted molar refractivity (Wildman–Crippen MR) is 156 cm³/mol. The van der Waals surface area contributed by atoms with Crippen LogP contribution in [0.4, 0.5) is 0 Å². The molecule has 0 aliphatic heterocycles. The van der Waals surface area contributed by atoms with Crippen LogP contribution in [0.3, 0.4) is 0 Å². The summed E-state index contributed by atoms with van der Waals surface area (Å²) in [5.74, 6) is -0.0344. The van der Waals surface area contributed by atoms with Gasteiger partial charge >= 0.3 is 5.97 Å². The van der Waals surface area contributed by atoms with Crippen LogP contribution in [0, 0.1) is 6.92 Å². The molecule has 3 aromatic carbocycles. The van der Waals surface area contributed by atoms with Gasteiger partial charge in [-0.3, -0.25) is 9.59 Å². The number of aryl methyl sites for hydroxylation is 2. The second kappa shape index (κ2) is 13.6. The summed E-state index contributed by atoms with van der Waals surface area (Å²) >= 11 is 0. The molecule has 0 amide bonds. The van der Waals surface area contributed by atoms with Gasteiger partial charge in [0.05, 0.1) is 32.8 Å². The Hall–Kier alpha value is -4.72. The van der Waals surface area contributed by atoms with Crippen LogP contribution >= 0.6 is 0 Å². The van der Waals surface area contributed by atoms with Gasteiger partial charge in [-0.05, 0) is 60.9 Å². The molecule has 0 aliphatic carbocycles. The third-order valence-corrected chi connectivity index (χ3v) is 7.13. The van der Waals surface area contributed by atoms with Gasteiger partial charge in [-0.2, -0.15) is 0 Å². The largest absolute Gasteiger partial charge is 0.508 e. The molecule has 0 bridgehead atoms. The van der Waals surface area contributed by atoms with E-state index in [0.29, 0.717) is 43.0 Å². The van der Waals surface area contributed by atoms with E-state index in [2.05, 4.69) is 0 Å². The molecule has 2 N–H and O–H groups in total. The number of carbonyl (C=O) groups excluding carboxylic acids is 1. The topological polar surface area (TPSA) is 107 Å². The zero-order valence-corrected chi connectivity index (χ0v) is 23.5. The third kappa shape index (κ3) is 7.28. The second-order valence-corrected chi connectivity index (χ2v) is 9.78. The maximum absolute atomic E-state index is 13.9. The minimum Gasteiger partial charge on any atom is -0.508 e. The summed E-state index contributed by atoms with van der Waals surface area (Å²) in [6, 6.07) is 23.3. The van der Waals surface area contributed by atoms with E-state index in [4.69, 9.17) is 14.2 Å². The van der Waals surface area contributed by atoms with Crippen LogP contribution in [0.5, 0.6) is 23.0 Å². The molecule has 0 radical (unpaired) electrons. The first-order chi connectivity index (χ1) is 19.8. The first-order valence-electron chi connectivity index (χ1n) is 13.4. The van der Waals surface area contributed by atoms with Gasteiger partial charge in [-0.1, -0.05) is 42.5 Å². The molecular formula is C33H35NO7. The summed E-state index contributed by atoms with van der Waals surface area (Å²) in [6.45, 7) is 2.48. The van der Waals surface area contributed by atoms with Crippen LogP contribution in [0.2, 0.25) is 0 Å². The molecule has 0 saturated carbocycles. The number of para-hydroxylation sites is 1. The van der Waals surface area contributed by atoms with Gasteiger partial charge in [-0.25, -0.2) is 0 Å². The molecule has 1 aromatic heterocycles. The lowest BCUT2D eigenvalue weighted by molar-refractivity contribution is -0.140. The molecule has 0 spiro atoms. The molecule has 8 heteroatoms. The number of carbonyl (C=O) groups is 1. The number of phenols is 1. The molecule has 0 aliphatic rings. The Labute approximate surface area is 239 Å². The number of hydrogen-bond donors (Lipinski definition) is 2. The molecule has 8 nitrogen and oxygen atoms in total. The van der Waals surface area contributed by atoms with Crippen LogP contribution in [-0.2, 0) is 28.9 Å². The Kier molecular flexibility index (Phi) is 9.68. The van der Waals surface area contributed by atoms with E-state index in [-0.39, 0.29) is 29.0 Å². The van der Waals surface area contributed by atoms with Crippen LogP contribution in [0.1, 0.15) is 40.3 Å². The van der Waals surface area contributed by atoms with Crippen LogP contribution in [0.25, 0.3) is 0 Å². The average molecular weight is 558 g/mol. The SMILES string of the molecule is COC(=O)C[C@@H](c1ccccc1OCCc1ccc(OC)cc1)c1c(O)cc(C)n(CCc2ccc(O)cc2)c1=O. The van der Waals surface area contributed by atoms with Gasteiger partial charge in [0.2, 0.25) is 0 Å². The van der Waals surface area contributed by atoms with E-state index in [1.165, 1.54) is 7.11 Å². The molecule has 0 fully saturated rings. The molecular weight excluding hydrogens is 522 g/mol. The molecule has 0 saturated heterocycles. The van der Waals surface area contributed by atoms with Crippen molar-refractivity contribution in [2.45, 2.75) is 38.6 Å². The molecule has 0 unspecified atom stereocenters. The van der Waals surface area contributed by atoms with Crippen molar-refractivity contribution in [2.75, 3.05) is 20.8 Å². The van der Waals surface area contributed by atoms with Crippen molar-refractivity contribution in [1.29, 1.82) is 0 Å². The van der Waals surface area contributed by atoms with Crippen molar-refractivity contribution < 1.29 is 29.2 Å². The Morgan fingerprint density at radius 1 is 0.902 bits per heavy atom. The maximum atomic E-state index is 13.9. The van der Waals surface area contributed by atoms with E-state index < -0.39 is 11.9 Å². The van der Waals surface area contributed by atoms with Crippen LogP contribution < -0.4 is 15.0 Å². The smallest absolute Gasteiger partial charge is 0.306 e. The predicted octanol–water partition coefficient (Wildman–Crippen LogP) is 5.14. The number of phenolic OH excluding ortho intramolecular Hbond substituents is 1. The fourth-order valence-electron chi connectivity index (χ4n) is 4.87. The number of benzene rings is 3. The highest BCUT2D eigenvalue weighted by Crippen LogP contribution is 2.37. The zero-order valence-electron chi connectivity index (χ0n) is 23.5. The summed E-state index contributed by atoms with van der Waals surface area (Å²) in [5.41, 5.74) is 2.94. The number of pyridine rings is 1. The first-order valence-corrected chi connectivity index (χ1v) is 13.4. The lowest BCUT2D eigenvalue weighted by Crippen LogP contribution is -2.29. The minimum absolute atomic E-state index is 0.109. The summed E-state index contributed by atoms with van der Waals surface area (Å²) < 4.78 is 18.0. The normalized spacial score (nSPS) is 11.6. The van der Waals surface area contributed by atoms with E-state index in [9.17, 15) is 19.8 Å². The summed E-state index contributed by atoms with van der Waals surface area (Å²) in [5, 5.41) is 20.6. The number of nitrogens with zero attached hydrogens (tertiary/aromatic N) is 1. The van der Waals surface area contributed by atoms with Gasteiger partial charge in [0.25, 0.3) is 5.56 Å². The van der Waals surface area contributed by atoms with Crippen LogP contribution in [0.15, 0.2) is 83.7 Å². The highest BCUT2D eigenvalue weighted by molar-refractivity contribution is 5.72. The Morgan fingerprint density at radius 3 is 2.24 bits per heavy atom. The number of methoxy groups -OCH3 is 2. The van der Waals surface area contributed by atoms with Crippen molar-refractivity contribution >= 4 is 5.97 Å². The van der Waals surface area contributed by atoms with Gasteiger partial charge in [0.1, 0.15) is 23.0 Å². The molecule has 214 valence electrons. The summed E-state index contributed by atoms with van der Waals surface area (Å²) in [7, 11) is 2.91. The number of aromatic nitrogens is 1. The molecule has 4 rings (SSSR count). The molecule has 4 aromatic rings. The molecule has 1 atom stereocenters. The van der Waals surface area contributed by atoms with Gasteiger partial charge < -0.3 is 29.0 Å². The zero-order chi connectivity index (χ0) is 29.4. The lowest BCUT2D eigenvalue weighted by atomic mass is 9.87. The Bertz CT molecular complexity index is 1530. The van der Waals surface area contributed by atoms with Crippen molar-refractivity contribution in [3.05, 3.63) is 117 Å². The fraction of sp³-hybridized carbons (Fsp3) is 0.273. The Morgan fingerprint density at radius 2 is 1.56 bits per heavy atom. The third-order valence-electron chi connectivity index (χ3n) is 7.13. The van der Waals surface area contributed by atoms with Crippen molar-refractivity contribution in [3.8, 4) is 23.0 Å². The number of aromatic hydroxyl groups is 2. The van der Waals surface area contributed by atoms with Gasteiger partial charge in [0.15, 0.2) is 0 Å². The monoisotopic (exact) mass is 557 g/mol. The minimum atomic E-state index is -0.798. The highest BCUT2D eigenvalue weighted by Gasteiger charge is 2.29.